The molecule has 0 aromatic carbocycles. The zero-order valence-electron chi connectivity index (χ0n) is 8.49. The summed E-state index contributed by atoms with van der Waals surface area (Å²) in [7, 11) is 3.98. The van der Waals surface area contributed by atoms with Crippen molar-refractivity contribution in [1.29, 1.82) is 0 Å². The molecule has 0 aliphatic heterocycles. The van der Waals surface area contributed by atoms with E-state index in [1.54, 1.807) is 0 Å². The van der Waals surface area contributed by atoms with E-state index in [1.807, 2.05) is 31.3 Å². The third kappa shape index (κ3) is 2.90. The van der Waals surface area contributed by atoms with E-state index in [4.69, 9.17) is 0 Å². The number of aromatic nitrogens is 1. The fourth-order valence-corrected chi connectivity index (χ4v) is 1.01. The maximum absolute atomic E-state index is 4.31. The smallest absolute Gasteiger partial charge is 0.127 e. The molecule has 0 aliphatic rings. The predicted molar refractivity (Wildman–Crippen MR) is 57.9 cm³/mol. The van der Waals surface area contributed by atoms with Crippen LogP contribution in [0.3, 0.4) is 0 Å². The first-order chi connectivity index (χ1) is 6.24. The third-order valence-electron chi connectivity index (χ3n) is 1.77. The van der Waals surface area contributed by atoms with E-state index in [9.17, 15) is 0 Å². The van der Waals surface area contributed by atoms with Crippen LogP contribution in [-0.2, 0) is 0 Å². The van der Waals surface area contributed by atoms with E-state index in [-0.39, 0.29) is 0 Å². The SMILES string of the molecule is CC/C=C/c1ccc(N(C)C)nc1. The zero-order chi connectivity index (χ0) is 9.68. The van der Waals surface area contributed by atoms with E-state index in [0.717, 1.165) is 17.8 Å². The Kier molecular flexibility index (Phi) is 3.50. The number of hydrogen-bond donors (Lipinski definition) is 0. The summed E-state index contributed by atoms with van der Waals surface area (Å²) in [6.07, 6.45) is 7.18. The summed E-state index contributed by atoms with van der Waals surface area (Å²) in [4.78, 5) is 6.30. The molecule has 0 bridgehead atoms. The fourth-order valence-electron chi connectivity index (χ4n) is 1.01. The van der Waals surface area contributed by atoms with E-state index < -0.39 is 0 Å². The van der Waals surface area contributed by atoms with Crippen molar-refractivity contribution in [1.82, 2.24) is 4.98 Å². The summed E-state index contributed by atoms with van der Waals surface area (Å²) in [5.41, 5.74) is 1.16. The molecular formula is C11H16N2. The number of nitrogens with zero attached hydrogens (tertiary/aromatic N) is 2. The molecule has 0 amide bonds. The van der Waals surface area contributed by atoms with Gasteiger partial charge in [0.05, 0.1) is 0 Å². The molecule has 2 nitrogen and oxygen atoms in total. The molecule has 0 saturated heterocycles. The first-order valence-corrected chi connectivity index (χ1v) is 4.54. The van der Waals surface area contributed by atoms with Crippen LogP contribution in [0.2, 0.25) is 0 Å². The van der Waals surface area contributed by atoms with Gasteiger partial charge in [-0.1, -0.05) is 19.1 Å². The molecule has 0 atom stereocenters. The number of anilines is 1. The minimum atomic E-state index is 0.994. The van der Waals surface area contributed by atoms with Gasteiger partial charge < -0.3 is 4.90 Å². The highest BCUT2D eigenvalue weighted by molar-refractivity contribution is 5.50. The van der Waals surface area contributed by atoms with Gasteiger partial charge in [0.25, 0.3) is 0 Å². The molecule has 2 heteroatoms. The van der Waals surface area contributed by atoms with Crippen molar-refractivity contribution in [2.45, 2.75) is 13.3 Å². The predicted octanol–water partition coefficient (Wildman–Crippen LogP) is 2.57. The standard InChI is InChI=1S/C11H16N2/c1-4-5-6-10-7-8-11(12-9-10)13(2)3/h5-9H,4H2,1-3H3/b6-5+. The van der Waals surface area contributed by atoms with Gasteiger partial charge in [0.1, 0.15) is 5.82 Å². The molecular weight excluding hydrogens is 160 g/mol. The molecule has 0 fully saturated rings. The molecule has 0 spiro atoms. The lowest BCUT2D eigenvalue weighted by molar-refractivity contribution is 1.07. The lowest BCUT2D eigenvalue weighted by Crippen LogP contribution is -2.09. The van der Waals surface area contributed by atoms with Gasteiger partial charge in [0.2, 0.25) is 0 Å². The van der Waals surface area contributed by atoms with E-state index in [2.05, 4.69) is 30.1 Å². The van der Waals surface area contributed by atoms with Crippen molar-refractivity contribution in [3.05, 3.63) is 30.0 Å². The lowest BCUT2D eigenvalue weighted by atomic mass is 10.2. The zero-order valence-corrected chi connectivity index (χ0v) is 8.49. The normalized spacial score (nSPS) is 10.7. The van der Waals surface area contributed by atoms with Crippen molar-refractivity contribution >= 4 is 11.9 Å². The Labute approximate surface area is 79.9 Å². The maximum atomic E-state index is 4.31. The van der Waals surface area contributed by atoms with E-state index in [1.165, 1.54) is 0 Å². The van der Waals surface area contributed by atoms with Crippen molar-refractivity contribution < 1.29 is 0 Å². The number of allylic oxidation sites excluding steroid dienone is 1. The first kappa shape index (κ1) is 9.78. The topological polar surface area (TPSA) is 16.1 Å². The van der Waals surface area contributed by atoms with Gasteiger partial charge in [-0.2, -0.15) is 0 Å². The Morgan fingerprint density at radius 1 is 1.38 bits per heavy atom. The van der Waals surface area contributed by atoms with Crippen molar-refractivity contribution in [3.8, 4) is 0 Å². The Hall–Kier alpha value is -1.31. The van der Waals surface area contributed by atoms with Crippen LogP contribution in [0.1, 0.15) is 18.9 Å². The molecule has 1 aromatic heterocycles. The molecule has 0 unspecified atom stereocenters. The molecule has 0 radical (unpaired) electrons. The molecule has 1 heterocycles. The molecule has 1 aromatic rings. The second-order valence-electron chi connectivity index (χ2n) is 3.15. The van der Waals surface area contributed by atoms with Crippen LogP contribution in [-0.4, -0.2) is 19.1 Å². The van der Waals surface area contributed by atoms with Crippen LogP contribution >= 0.6 is 0 Å². The summed E-state index contributed by atoms with van der Waals surface area (Å²) in [5.74, 6) is 0.994. The van der Waals surface area contributed by atoms with Crippen LogP contribution in [0.5, 0.6) is 0 Å². The van der Waals surface area contributed by atoms with E-state index in [0.29, 0.717) is 0 Å². The highest BCUT2D eigenvalue weighted by atomic mass is 15.1. The highest BCUT2D eigenvalue weighted by Crippen LogP contribution is 2.08. The molecule has 1 rings (SSSR count). The Morgan fingerprint density at radius 3 is 2.62 bits per heavy atom. The highest BCUT2D eigenvalue weighted by Gasteiger charge is 1.94. The minimum absolute atomic E-state index is 0.994. The van der Waals surface area contributed by atoms with Crippen molar-refractivity contribution in [2.24, 2.45) is 0 Å². The summed E-state index contributed by atoms with van der Waals surface area (Å²) >= 11 is 0. The van der Waals surface area contributed by atoms with Crippen molar-refractivity contribution in [2.75, 3.05) is 19.0 Å². The molecule has 0 aliphatic carbocycles. The van der Waals surface area contributed by atoms with Crippen LogP contribution < -0.4 is 4.90 Å². The largest absolute Gasteiger partial charge is 0.363 e. The first-order valence-electron chi connectivity index (χ1n) is 4.54. The van der Waals surface area contributed by atoms with Gasteiger partial charge in [0, 0.05) is 20.3 Å². The Morgan fingerprint density at radius 2 is 2.15 bits per heavy atom. The van der Waals surface area contributed by atoms with Crippen molar-refractivity contribution in [3.63, 3.8) is 0 Å². The number of rotatable bonds is 3. The van der Waals surface area contributed by atoms with Crippen LogP contribution in [0, 0.1) is 0 Å². The van der Waals surface area contributed by atoms with Crippen LogP contribution in [0.4, 0.5) is 5.82 Å². The maximum Gasteiger partial charge on any atom is 0.127 e. The molecule has 0 saturated carbocycles. The number of hydrogen-bond acceptors (Lipinski definition) is 2. The molecule has 13 heavy (non-hydrogen) atoms. The van der Waals surface area contributed by atoms with E-state index >= 15 is 0 Å². The number of pyridine rings is 1. The van der Waals surface area contributed by atoms with Gasteiger partial charge in [-0.05, 0) is 24.1 Å². The molecule has 0 N–H and O–H groups in total. The average molecular weight is 176 g/mol. The summed E-state index contributed by atoms with van der Waals surface area (Å²) in [6, 6.07) is 4.10. The summed E-state index contributed by atoms with van der Waals surface area (Å²) < 4.78 is 0. The summed E-state index contributed by atoms with van der Waals surface area (Å²) in [6.45, 7) is 2.12. The lowest BCUT2D eigenvalue weighted by Gasteiger charge is -2.10. The van der Waals surface area contributed by atoms with Crippen LogP contribution in [0.25, 0.3) is 6.08 Å². The quantitative estimate of drug-likeness (QED) is 0.703. The van der Waals surface area contributed by atoms with Gasteiger partial charge in [-0.15, -0.1) is 0 Å². The van der Waals surface area contributed by atoms with Gasteiger partial charge >= 0.3 is 0 Å². The van der Waals surface area contributed by atoms with Crippen LogP contribution in [0.15, 0.2) is 24.4 Å². The monoisotopic (exact) mass is 176 g/mol. The second-order valence-corrected chi connectivity index (χ2v) is 3.15. The minimum Gasteiger partial charge on any atom is -0.363 e. The Bertz CT molecular complexity index is 273. The van der Waals surface area contributed by atoms with Gasteiger partial charge in [-0.3, -0.25) is 0 Å². The summed E-state index contributed by atoms with van der Waals surface area (Å²) in [5, 5.41) is 0. The third-order valence-corrected chi connectivity index (χ3v) is 1.77. The van der Waals surface area contributed by atoms with Gasteiger partial charge in [0.15, 0.2) is 0 Å². The fraction of sp³-hybridized carbons (Fsp3) is 0.364. The molecule has 70 valence electrons. The average Bonchev–Trinajstić information content (AvgIpc) is 2.15. The second kappa shape index (κ2) is 4.65. The Balaban J connectivity index is 2.75. The van der Waals surface area contributed by atoms with Gasteiger partial charge in [-0.25, -0.2) is 4.98 Å².